The predicted octanol–water partition coefficient (Wildman–Crippen LogP) is 4.26. The summed E-state index contributed by atoms with van der Waals surface area (Å²) in [5.41, 5.74) is 3.91. The zero-order valence-corrected chi connectivity index (χ0v) is 19.6. The lowest BCUT2D eigenvalue weighted by molar-refractivity contribution is 0.0963. The summed E-state index contributed by atoms with van der Waals surface area (Å²) in [6.07, 6.45) is 0.788. The van der Waals surface area contributed by atoms with Gasteiger partial charge in [0.1, 0.15) is 11.6 Å². The number of para-hydroxylation sites is 1. The number of halogens is 1. The summed E-state index contributed by atoms with van der Waals surface area (Å²) in [5, 5.41) is 17.6. The SMILES string of the molecule is CNC(=O)c1cccc(Cn2nc(C)c(-c3ccccc3O)c(CCc3cccc(F)c3)c2=O)c1. The van der Waals surface area contributed by atoms with Crippen LogP contribution in [0.2, 0.25) is 0 Å². The van der Waals surface area contributed by atoms with Crippen molar-refractivity contribution in [1.82, 2.24) is 15.1 Å². The molecule has 0 fully saturated rings. The van der Waals surface area contributed by atoms with Crippen LogP contribution in [-0.4, -0.2) is 27.8 Å². The van der Waals surface area contributed by atoms with E-state index in [1.807, 2.05) is 12.1 Å². The van der Waals surface area contributed by atoms with Gasteiger partial charge in [-0.25, -0.2) is 9.07 Å². The quantitative estimate of drug-likeness (QED) is 0.422. The number of benzene rings is 3. The number of hydrogen-bond acceptors (Lipinski definition) is 4. The van der Waals surface area contributed by atoms with E-state index in [9.17, 15) is 19.1 Å². The zero-order valence-electron chi connectivity index (χ0n) is 19.6. The van der Waals surface area contributed by atoms with E-state index in [0.717, 1.165) is 11.1 Å². The molecule has 4 rings (SSSR count). The van der Waals surface area contributed by atoms with Gasteiger partial charge < -0.3 is 10.4 Å². The molecule has 1 aromatic heterocycles. The van der Waals surface area contributed by atoms with E-state index in [0.29, 0.717) is 40.8 Å². The molecule has 0 aliphatic heterocycles. The molecule has 0 radical (unpaired) electrons. The first-order valence-corrected chi connectivity index (χ1v) is 11.3. The third kappa shape index (κ3) is 5.30. The van der Waals surface area contributed by atoms with Gasteiger partial charge in [0.15, 0.2) is 0 Å². The first-order valence-electron chi connectivity index (χ1n) is 11.3. The largest absolute Gasteiger partial charge is 0.507 e. The van der Waals surface area contributed by atoms with Crippen LogP contribution in [0.1, 0.15) is 32.7 Å². The number of amides is 1. The topological polar surface area (TPSA) is 84.2 Å². The first kappa shape index (κ1) is 23.9. The average molecular weight is 472 g/mol. The van der Waals surface area contributed by atoms with E-state index in [-0.39, 0.29) is 29.6 Å². The van der Waals surface area contributed by atoms with Gasteiger partial charge >= 0.3 is 0 Å². The molecule has 0 aliphatic carbocycles. The standard InChI is InChI=1S/C28H26FN3O3/c1-18-26(23-11-3-4-12-25(23)33)24(14-13-19-7-6-10-22(29)16-19)28(35)32(31-18)17-20-8-5-9-21(15-20)27(34)30-2/h3-12,15-16,33H,13-14,17H2,1-2H3,(H,30,34). The normalized spacial score (nSPS) is 10.8. The highest BCUT2D eigenvalue weighted by atomic mass is 19.1. The van der Waals surface area contributed by atoms with Crippen molar-refractivity contribution in [3.05, 3.63) is 117 Å². The zero-order chi connectivity index (χ0) is 24.9. The van der Waals surface area contributed by atoms with Crippen molar-refractivity contribution in [3.8, 4) is 16.9 Å². The molecule has 7 heteroatoms. The fraction of sp³-hybridized carbons (Fsp3) is 0.179. The summed E-state index contributed by atoms with van der Waals surface area (Å²) < 4.78 is 15.1. The Hall–Kier alpha value is -4.26. The van der Waals surface area contributed by atoms with Gasteiger partial charge in [0.05, 0.1) is 12.2 Å². The molecule has 0 saturated heterocycles. The molecule has 1 heterocycles. The minimum atomic E-state index is -0.331. The summed E-state index contributed by atoms with van der Waals surface area (Å²) in [6.45, 7) is 1.98. The number of phenolic OH excluding ortho intramolecular Hbond substituents is 1. The van der Waals surface area contributed by atoms with Crippen LogP contribution in [0.3, 0.4) is 0 Å². The number of aryl methyl sites for hydroxylation is 2. The lowest BCUT2D eigenvalue weighted by Crippen LogP contribution is -2.29. The smallest absolute Gasteiger partial charge is 0.270 e. The molecular weight excluding hydrogens is 445 g/mol. The molecule has 0 saturated carbocycles. The van der Waals surface area contributed by atoms with Crippen molar-refractivity contribution in [2.24, 2.45) is 0 Å². The van der Waals surface area contributed by atoms with Crippen LogP contribution >= 0.6 is 0 Å². The van der Waals surface area contributed by atoms with Crippen LogP contribution in [0.25, 0.3) is 11.1 Å². The van der Waals surface area contributed by atoms with Crippen LogP contribution in [0, 0.1) is 12.7 Å². The Balaban J connectivity index is 1.79. The van der Waals surface area contributed by atoms with Gasteiger partial charge in [-0.1, -0.05) is 42.5 Å². The van der Waals surface area contributed by atoms with Crippen LogP contribution in [0.5, 0.6) is 5.75 Å². The van der Waals surface area contributed by atoms with Gasteiger partial charge in [0.25, 0.3) is 11.5 Å². The highest BCUT2D eigenvalue weighted by Gasteiger charge is 2.19. The molecule has 2 N–H and O–H groups in total. The van der Waals surface area contributed by atoms with Gasteiger partial charge in [-0.05, 0) is 61.2 Å². The number of carbonyl (C=O) groups excluding carboxylic acids is 1. The number of aromatic hydroxyl groups is 1. The Bertz CT molecular complexity index is 1450. The van der Waals surface area contributed by atoms with Crippen molar-refractivity contribution in [2.75, 3.05) is 7.05 Å². The van der Waals surface area contributed by atoms with E-state index >= 15 is 0 Å². The number of hydrogen-bond donors (Lipinski definition) is 2. The summed E-state index contributed by atoms with van der Waals surface area (Å²) in [6, 6.07) is 20.2. The Morgan fingerprint density at radius 1 is 1.00 bits per heavy atom. The molecule has 4 aromatic rings. The Labute approximate surface area is 202 Å². The highest BCUT2D eigenvalue weighted by molar-refractivity contribution is 5.94. The van der Waals surface area contributed by atoms with E-state index in [1.54, 1.807) is 62.5 Å². The van der Waals surface area contributed by atoms with Gasteiger partial charge in [-0.15, -0.1) is 0 Å². The molecule has 0 spiro atoms. The van der Waals surface area contributed by atoms with E-state index in [2.05, 4.69) is 10.4 Å². The maximum atomic E-state index is 13.7. The fourth-order valence-electron chi connectivity index (χ4n) is 4.23. The van der Waals surface area contributed by atoms with Crippen molar-refractivity contribution >= 4 is 5.91 Å². The second kappa shape index (κ2) is 10.3. The molecule has 178 valence electrons. The summed E-state index contributed by atoms with van der Waals surface area (Å²) in [7, 11) is 1.56. The van der Waals surface area contributed by atoms with Gasteiger partial charge in [0.2, 0.25) is 0 Å². The van der Waals surface area contributed by atoms with Crippen LogP contribution in [0.15, 0.2) is 77.6 Å². The van der Waals surface area contributed by atoms with Crippen LogP contribution in [-0.2, 0) is 19.4 Å². The minimum absolute atomic E-state index is 0.0554. The molecular formula is C28H26FN3O3. The van der Waals surface area contributed by atoms with Crippen LogP contribution in [0.4, 0.5) is 4.39 Å². The second-order valence-electron chi connectivity index (χ2n) is 8.33. The van der Waals surface area contributed by atoms with E-state index in [1.165, 1.54) is 16.8 Å². The molecule has 0 aliphatic rings. The van der Waals surface area contributed by atoms with Crippen molar-refractivity contribution in [1.29, 1.82) is 0 Å². The monoisotopic (exact) mass is 471 g/mol. The van der Waals surface area contributed by atoms with Gasteiger partial charge in [-0.2, -0.15) is 5.10 Å². The average Bonchev–Trinajstić information content (AvgIpc) is 2.85. The first-order chi connectivity index (χ1) is 16.9. The van der Waals surface area contributed by atoms with Crippen molar-refractivity contribution in [3.63, 3.8) is 0 Å². The molecule has 35 heavy (non-hydrogen) atoms. The molecule has 6 nitrogen and oxygen atoms in total. The third-order valence-electron chi connectivity index (χ3n) is 5.90. The molecule has 0 bridgehead atoms. The maximum Gasteiger partial charge on any atom is 0.270 e. The Kier molecular flexibility index (Phi) is 7.06. The second-order valence-corrected chi connectivity index (χ2v) is 8.33. The van der Waals surface area contributed by atoms with E-state index < -0.39 is 0 Å². The van der Waals surface area contributed by atoms with Crippen LogP contribution < -0.4 is 10.9 Å². The fourth-order valence-corrected chi connectivity index (χ4v) is 4.23. The maximum absolute atomic E-state index is 13.7. The van der Waals surface area contributed by atoms with E-state index in [4.69, 9.17) is 0 Å². The van der Waals surface area contributed by atoms with Crippen molar-refractivity contribution < 1.29 is 14.3 Å². The number of rotatable bonds is 7. The summed E-state index contributed by atoms with van der Waals surface area (Å²) in [5.74, 6) is -0.489. The molecule has 3 aromatic carbocycles. The number of aromatic nitrogens is 2. The molecule has 0 unspecified atom stereocenters. The summed E-state index contributed by atoms with van der Waals surface area (Å²) >= 11 is 0. The number of phenols is 1. The molecule has 0 atom stereocenters. The third-order valence-corrected chi connectivity index (χ3v) is 5.90. The molecule has 1 amide bonds. The van der Waals surface area contributed by atoms with Gasteiger partial charge in [0, 0.05) is 29.3 Å². The lowest BCUT2D eigenvalue weighted by atomic mass is 9.94. The van der Waals surface area contributed by atoms with Gasteiger partial charge in [-0.3, -0.25) is 9.59 Å². The Morgan fingerprint density at radius 3 is 2.49 bits per heavy atom. The highest BCUT2D eigenvalue weighted by Crippen LogP contribution is 2.32. The minimum Gasteiger partial charge on any atom is -0.507 e. The Morgan fingerprint density at radius 2 is 1.74 bits per heavy atom. The lowest BCUT2D eigenvalue weighted by Gasteiger charge is -2.16. The number of carbonyl (C=O) groups is 1. The van der Waals surface area contributed by atoms with Crippen molar-refractivity contribution in [2.45, 2.75) is 26.3 Å². The summed E-state index contributed by atoms with van der Waals surface area (Å²) in [4.78, 5) is 25.7. The number of nitrogens with one attached hydrogen (secondary N) is 1. The predicted molar refractivity (Wildman–Crippen MR) is 133 cm³/mol. The number of nitrogens with zero attached hydrogens (tertiary/aromatic N) is 2.